The Labute approximate surface area is 88.4 Å². The van der Waals surface area contributed by atoms with Gasteiger partial charge in [-0.25, -0.2) is 4.68 Å². The summed E-state index contributed by atoms with van der Waals surface area (Å²) in [6.07, 6.45) is 0.763. The lowest BCUT2D eigenvalue weighted by Gasteiger charge is -2.04. The smallest absolute Gasteiger partial charge is 0.170 e. The van der Waals surface area contributed by atoms with E-state index in [1.165, 1.54) is 5.56 Å². The third-order valence-electron chi connectivity index (χ3n) is 2.27. The van der Waals surface area contributed by atoms with E-state index in [0.717, 1.165) is 17.7 Å². The van der Waals surface area contributed by atoms with E-state index in [9.17, 15) is 4.79 Å². The van der Waals surface area contributed by atoms with Gasteiger partial charge in [-0.3, -0.25) is 4.79 Å². The highest BCUT2D eigenvalue weighted by atomic mass is 16.1. The van der Waals surface area contributed by atoms with Crippen LogP contribution in [-0.2, 0) is 0 Å². The fourth-order valence-electron chi connectivity index (χ4n) is 1.58. The number of aldehydes is 1. The lowest BCUT2D eigenvalue weighted by atomic mass is 10.2. The molecule has 0 aliphatic heterocycles. The van der Waals surface area contributed by atoms with Crippen molar-refractivity contribution in [2.75, 3.05) is 0 Å². The van der Waals surface area contributed by atoms with Gasteiger partial charge in [-0.1, -0.05) is 12.1 Å². The average molecular weight is 200 g/mol. The van der Waals surface area contributed by atoms with Crippen molar-refractivity contribution in [3.05, 3.63) is 47.3 Å². The van der Waals surface area contributed by atoms with E-state index in [1.54, 1.807) is 10.7 Å². The molecule has 0 amide bonds. The van der Waals surface area contributed by atoms with Crippen LogP contribution in [0, 0.1) is 13.8 Å². The van der Waals surface area contributed by atoms with Crippen molar-refractivity contribution >= 4 is 6.29 Å². The fraction of sp³-hybridized carbons (Fsp3) is 0.167. The van der Waals surface area contributed by atoms with Gasteiger partial charge in [-0.2, -0.15) is 5.10 Å². The van der Waals surface area contributed by atoms with Crippen molar-refractivity contribution in [3.63, 3.8) is 0 Å². The molecular weight excluding hydrogens is 188 g/mol. The topological polar surface area (TPSA) is 34.9 Å². The Hall–Kier alpha value is -1.90. The molecule has 0 aliphatic rings. The van der Waals surface area contributed by atoms with Gasteiger partial charge in [0.25, 0.3) is 0 Å². The van der Waals surface area contributed by atoms with Crippen LogP contribution in [0.5, 0.6) is 0 Å². The summed E-state index contributed by atoms with van der Waals surface area (Å²) >= 11 is 0. The Balaban J connectivity index is 2.53. The summed E-state index contributed by atoms with van der Waals surface area (Å²) in [6, 6.07) is 9.79. The maximum Gasteiger partial charge on any atom is 0.170 e. The molecule has 0 unspecified atom stereocenters. The minimum absolute atomic E-state index is 0.467. The molecule has 15 heavy (non-hydrogen) atoms. The van der Waals surface area contributed by atoms with E-state index < -0.39 is 0 Å². The van der Waals surface area contributed by atoms with E-state index in [1.807, 2.05) is 38.1 Å². The molecule has 0 N–H and O–H groups in total. The standard InChI is InChI=1S/C12H12N2O/c1-9-4-3-5-12(6-9)14-10(2)7-11(8-15)13-14/h3-8H,1-2H3. The zero-order chi connectivity index (χ0) is 10.8. The van der Waals surface area contributed by atoms with E-state index >= 15 is 0 Å². The van der Waals surface area contributed by atoms with Gasteiger partial charge in [-0.05, 0) is 37.6 Å². The lowest BCUT2D eigenvalue weighted by molar-refractivity contribution is 0.111. The molecule has 0 aliphatic carbocycles. The summed E-state index contributed by atoms with van der Waals surface area (Å²) in [5.74, 6) is 0. The Bertz CT molecular complexity index is 500. The molecule has 3 nitrogen and oxygen atoms in total. The van der Waals surface area contributed by atoms with E-state index in [2.05, 4.69) is 5.10 Å². The second-order valence-electron chi connectivity index (χ2n) is 3.58. The molecule has 1 aromatic heterocycles. The maximum absolute atomic E-state index is 10.6. The number of aromatic nitrogens is 2. The molecule has 0 atom stereocenters. The van der Waals surface area contributed by atoms with Crippen LogP contribution in [0.2, 0.25) is 0 Å². The van der Waals surface area contributed by atoms with Gasteiger partial charge in [0.15, 0.2) is 6.29 Å². The van der Waals surface area contributed by atoms with E-state index in [4.69, 9.17) is 0 Å². The summed E-state index contributed by atoms with van der Waals surface area (Å²) in [4.78, 5) is 10.6. The SMILES string of the molecule is Cc1cccc(-n2nc(C=O)cc2C)c1. The van der Waals surface area contributed by atoms with Gasteiger partial charge < -0.3 is 0 Å². The van der Waals surface area contributed by atoms with Crippen molar-refractivity contribution < 1.29 is 4.79 Å². The highest BCUT2D eigenvalue weighted by Crippen LogP contribution is 2.12. The van der Waals surface area contributed by atoms with Crippen molar-refractivity contribution in [2.24, 2.45) is 0 Å². The van der Waals surface area contributed by atoms with Gasteiger partial charge in [-0.15, -0.1) is 0 Å². The molecule has 3 heteroatoms. The minimum atomic E-state index is 0.467. The third-order valence-corrected chi connectivity index (χ3v) is 2.27. The van der Waals surface area contributed by atoms with Crippen molar-refractivity contribution in [3.8, 4) is 5.69 Å². The van der Waals surface area contributed by atoms with Crippen LogP contribution in [0.4, 0.5) is 0 Å². The Morgan fingerprint density at radius 2 is 2.07 bits per heavy atom. The normalized spacial score (nSPS) is 10.3. The molecule has 1 heterocycles. The van der Waals surface area contributed by atoms with Crippen LogP contribution in [0.3, 0.4) is 0 Å². The van der Waals surface area contributed by atoms with Crippen LogP contribution >= 0.6 is 0 Å². The summed E-state index contributed by atoms with van der Waals surface area (Å²) in [6.45, 7) is 3.96. The predicted molar refractivity (Wildman–Crippen MR) is 58.4 cm³/mol. The molecule has 76 valence electrons. The number of nitrogens with zero attached hydrogens (tertiary/aromatic N) is 2. The molecule has 2 aromatic rings. The minimum Gasteiger partial charge on any atom is -0.296 e. The van der Waals surface area contributed by atoms with Crippen LogP contribution in [-0.4, -0.2) is 16.1 Å². The predicted octanol–water partition coefficient (Wildman–Crippen LogP) is 2.30. The first-order valence-electron chi connectivity index (χ1n) is 4.79. The first-order valence-corrected chi connectivity index (χ1v) is 4.79. The first-order chi connectivity index (χ1) is 7.20. The lowest BCUT2D eigenvalue weighted by Crippen LogP contribution is -1.99. The van der Waals surface area contributed by atoms with Gasteiger partial charge in [0.1, 0.15) is 5.69 Å². The van der Waals surface area contributed by atoms with Gasteiger partial charge >= 0.3 is 0 Å². The molecule has 0 bridgehead atoms. The average Bonchev–Trinajstić information content (AvgIpc) is 2.60. The number of rotatable bonds is 2. The van der Waals surface area contributed by atoms with Crippen molar-refractivity contribution in [2.45, 2.75) is 13.8 Å². The molecule has 0 saturated heterocycles. The molecule has 0 fully saturated rings. The van der Waals surface area contributed by atoms with Gasteiger partial charge in [0, 0.05) is 5.69 Å². The summed E-state index contributed by atoms with van der Waals surface area (Å²) in [5, 5.41) is 4.19. The second-order valence-corrected chi connectivity index (χ2v) is 3.58. The van der Waals surface area contributed by atoms with Crippen LogP contribution in [0.1, 0.15) is 21.7 Å². The zero-order valence-electron chi connectivity index (χ0n) is 8.77. The van der Waals surface area contributed by atoms with Crippen molar-refractivity contribution in [1.82, 2.24) is 9.78 Å². The summed E-state index contributed by atoms with van der Waals surface area (Å²) in [7, 11) is 0. The fourth-order valence-corrected chi connectivity index (χ4v) is 1.58. The van der Waals surface area contributed by atoms with E-state index in [-0.39, 0.29) is 0 Å². The quantitative estimate of drug-likeness (QED) is 0.697. The molecule has 0 radical (unpaired) electrons. The zero-order valence-corrected chi connectivity index (χ0v) is 8.77. The molecular formula is C12H12N2O. The largest absolute Gasteiger partial charge is 0.296 e. The number of benzene rings is 1. The number of carbonyl (C=O) groups is 1. The number of hydrogen-bond acceptors (Lipinski definition) is 2. The first kappa shape index (κ1) is 9.65. The van der Waals surface area contributed by atoms with Crippen LogP contribution in [0.15, 0.2) is 30.3 Å². The number of aryl methyl sites for hydroxylation is 2. The third kappa shape index (κ3) is 1.81. The molecule has 0 saturated carbocycles. The van der Waals surface area contributed by atoms with Crippen LogP contribution in [0.25, 0.3) is 5.69 Å². The summed E-state index contributed by atoms with van der Waals surface area (Å²) in [5.41, 5.74) is 3.59. The molecule has 1 aromatic carbocycles. The Morgan fingerprint density at radius 1 is 1.27 bits per heavy atom. The van der Waals surface area contributed by atoms with Gasteiger partial charge in [0.2, 0.25) is 0 Å². The van der Waals surface area contributed by atoms with Crippen LogP contribution < -0.4 is 0 Å². The Kier molecular flexibility index (Phi) is 2.37. The van der Waals surface area contributed by atoms with Crippen molar-refractivity contribution in [1.29, 1.82) is 0 Å². The monoisotopic (exact) mass is 200 g/mol. The van der Waals surface area contributed by atoms with E-state index in [0.29, 0.717) is 5.69 Å². The number of hydrogen-bond donors (Lipinski definition) is 0. The molecule has 2 rings (SSSR count). The second kappa shape index (κ2) is 3.69. The summed E-state index contributed by atoms with van der Waals surface area (Å²) < 4.78 is 1.77. The Morgan fingerprint density at radius 3 is 2.67 bits per heavy atom. The number of carbonyl (C=O) groups excluding carboxylic acids is 1. The maximum atomic E-state index is 10.6. The highest BCUT2D eigenvalue weighted by Gasteiger charge is 2.04. The molecule has 0 spiro atoms. The highest BCUT2D eigenvalue weighted by molar-refractivity contribution is 5.72. The van der Waals surface area contributed by atoms with Gasteiger partial charge in [0.05, 0.1) is 5.69 Å².